The van der Waals surface area contributed by atoms with Crippen molar-refractivity contribution < 1.29 is 9.53 Å². The number of fused-ring (bicyclic) bond motifs is 1. The SMILES string of the molecule is O=C(Nc1ccc(NCCc2c[nH]c3ccccc23)cn1)C1CCOCC1. The van der Waals surface area contributed by atoms with E-state index in [9.17, 15) is 4.79 Å². The standard InChI is InChI=1S/C21H24N4O2/c26-21(15-8-11-27-12-9-15)25-20-6-5-17(14-24-20)22-10-7-16-13-23-19-4-2-1-3-18(16)19/h1-6,13-15,22-23H,7-12H2,(H,24,25,26). The molecule has 3 heterocycles. The van der Waals surface area contributed by atoms with E-state index in [2.05, 4.69) is 45.0 Å². The molecule has 1 aliphatic heterocycles. The molecular formula is C21H24N4O2. The van der Waals surface area contributed by atoms with Crippen LogP contribution in [0.4, 0.5) is 11.5 Å². The fraction of sp³-hybridized carbons (Fsp3) is 0.333. The van der Waals surface area contributed by atoms with Crippen LogP contribution >= 0.6 is 0 Å². The van der Waals surface area contributed by atoms with Crippen LogP contribution in [0.25, 0.3) is 10.9 Å². The van der Waals surface area contributed by atoms with E-state index in [4.69, 9.17) is 4.74 Å². The molecule has 0 aliphatic carbocycles. The summed E-state index contributed by atoms with van der Waals surface area (Å²) in [7, 11) is 0. The number of aromatic nitrogens is 2. The van der Waals surface area contributed by atoms with Crippen molar-refractivity contribution >= 4 is 28.3 Å². The molecule has 6 nitrogen and oxygen atoms in total. The number of anilines is 2. The molecule has 0 spiro atoms. The first-order valence-electron chi connectivity index (χ1n) is 9.43. The van der Waals surface area contributed by atoms with Gasteiger partial charge in [-0.2, -0.15) is 0 Å². The molecule has 0 bridgehead atoms. The summed E-state index contributed by atoms with van der Waals surface area (Å²) in [4.78, 5) is 19.9. The number of carbonyl (C=O) groups is 1. The number of benzene rings is 1. The minimum absolute atomic E-state index is 0.0227. The summed E-state index contributed by atoms with van der Waals surface area (Å²) in [5.41, 5.74) is 3.41. The minimum atomic E-state index is 0.0227. The molecule has 140 valence electrons. The molecule has 1 fully saturated rings. The maximum Gasteiger partial charge on any atom is 0.228 e. The van der Waals surface area contributed by atoms with Crippen molar-refractivity contribution in [2.75, 3.05) is 30.4 Å². The van der Waals surface area contributed by atoms with Crippen LogP contribution in [0.15, 0.2) is 48.8 Å². The Morgan fingerprint density at radius 1 is 1.19 bits per heavy atom. The minimum Gasteiger partial charge on any atom is -0.383 e. The van der Waals surface area contributed by atoms with Crippen molar-refractivity contribution in [2.24, 2.45) is 5.92 Å². The first-order chi connectivity index (χ1) is 13.3. The van der Waals surface area contributed by atoms with Crippen LogP contribution in [0.1, 0.15) is 18.4 Å². The van der Waals surface area contributed by atoms with Crippen LogP contribution in [-0.4, -0.2) is 35.6 Å². The maximum absolute atomic E-state index is 12.2. The smallest absolute Gasteiger partial charge is 0.228 e. The van der Waals surface area contributed by atoms with Crippen LogP contribution in [0.3, 0.4) is 0 Å². The number of carbonyl (C=O) groups excluding carboxylic acids is 1. The lowest BCUT2D eigenvalue weighted by Crippen LogP contribution is -2.28. The van der Waals surface area contributed by atoms with Gasteiger partial charge in [0.05, 0.1) is 11.9 Å². The highest BCUT2D eigenvalue weighted by molar-refractivity contribution is 5.91. The van der Waals surface area contributed by atoms with E-state index in [1.54, 1.807) is 6.20 Å². The summed E-state index contributed by atoms with van der Waals surface area (Å²) in [5, 5.41) is 7.55. The van der Waals surface area contributed by atoms with Crippen LogP contribution in [-0.2, 0) is 16.0 Å². The first kappa shape index (κ1) is 17.5. The largest absolute Gasteiger partial charge is 0.383 e. The molecule has 1 saturated heterocycles. The highest BCUT2D eigenvalue weighted by Gasteiger charge is 2.21. The van der Waals surface area contributed by atoms with Crippen LogP contribution < -0.4 is 10.6 Å². The van der Waals surface area contributed by atoms with Gasteiger partial charge in [0.15, 0.2) is 0 Å². The Hall–Kier alpha value is -2.86. The predicted molar refractivity (Wildman–Crippen MR) is 107 cm³/mol. The number of H-pyrrole nitrogens is 1. The van der Waals surface area contributed by atoms with Crippen molar-refractivity contribution in [3.8, 4) is 0 Å². The molecular weight excluding hydrogens is 340 g/mol. The number of amides is 1. The second kappa shape index (κ2) is 8.22. The van der Waals surface area contributed by atoms with E-state index in [0.717, 1.165) is 31.5 Å². The van der Waals surface area contributed by atoms with Crippen molar-refractivity contribution in [2.45, 2.75) is 19.3 Å². The molecule has 1 aromatic carbocycles. The number of hydrogen-bond donors (Lipinski definition) is 3. The molecule has 2 aromatic heterocycles. The van der Waals surface area contributed by atoms with Gasteiger partial charge in [-0.05, 0) is 43.0 Å². The molecule has 0 atom stereocenters. The van der Waals surface area contributed by atoms with E-state index in [-0.39, 0.29) is 11.8 Å². The lowest BCUT2D eigenvalue weighted by molar-refractivity contribution is -0.122. The summed E-state index contributed by atoms with van der Waals surface area (Å²) in [6.45, 7) is 2.13. The molecule has 0 unspecified atom stereocenters. The first-order valence-corrected chi connectivity index (χ1v) is 9.43. The average molecular weight is 364 g/mol. The van der Waals surface area contributed by atoms with Gasteiger partial charge in [0.2, 0.25) is 5.91 Å². The van der Waals surface area contributed by atoms with Crippen LogP contribution in [0, 0.1) is 5.92 Å². The fourth-order valence-electron chi connectivity index (χ4n) is 3.44. The third-order valence-corrected chi connectivity index (χ3v) is 5.01. The molecule has 3 aromatic rings. The zero-order valence-electron chi connectivity index (χ0n) is 15.2. The number of aromatic amines is 1. The predicted octanol–water partition coefficient (Wildman–Crippen LogP) is 3.58. The summed E-state index contributed by atoms with van der Waals surface area (Å²) in [6.07, 6.45) is 6.30. The van der Waals surface area contributed by atoms with Gasteiger partial charge in [0.25, 0.3) is 0 Å². The van der Waals surface area contributed by atoms with E-state index >= 15 is 0 Å². The zero-order valence-corrected chi connectivity index (χ0v) is 15.2. The summed E-state index contributed by atoms with van der Waals surface area (Å²) < 4.78 is 5.30. The summed E-state index contributed by atoms with van der Waals surface area (Å²) in [6, 6.07) is 12.1. The Balaban J connectivity index is 1.28. The third-order valence-electron chi connectivity index (χ3n) is 5.01. The van der Waals surface area contributed by atoms with Gasteiger partial charge in [0.1, 0.15) is 5.82 Å². The van der Waals surface area contributed by atoms with Gasteiger partial charge in [-0.15, -0.1) is 0 Å². The van der Waals surface area contributed by atoms with E-state index < -0.39 is 0 Å². The Morgan fingerprint density at radius 2 is 2.04 bits per heavy atom. The fourth-order valence-corrected chi connectivity index (χ4v) is 3.44. The van der Waals surface area contributed by atoms with Gasteiger partial charge in [-0.1, -0.05) is 18.2 Å². The maximum atomic E-state index is 12.2. The molecule has 0 saturated carbocycles. The number of pyridine rings is 1. The lowest BCUT2D eigenvalue weighted by Gasteiger charge is -2.20. The van der Waals surface area contributed by atoms with Crippen molar-refractivity contribution in [1.82, 2.24) is 9.97 Å². The number of hydrogen-bond acceptors (Lipinski definition) is 4. The second-order valence-electron chi connectivity index (χ2n) is 6.84. The lowest BCUT2D eigenvalue weighted by atomic mass is 9.99. The van der Waals surface area contributed by atoms with Crippen LogP contribution in [0.2, 0.25) is 0 Å². The highest BCUT2D eigenvalue weighted by Crippen LogP contribution is 2.19. The summed E-state index contributed by atoms with van der Waals surface area (Å²) in [5.74, 6) is 0.647. The topological polar surface area (TPSA) is 79.0 Å². The molecule has 6 heteroatoms. The normalized spacial score (nSPS) is 15.0. The Bertz CT molecular complexity index is 898. The van der Waals surface area contributed by atoms with Gasteiger partial charge < -0.3 is 20.4 Å². The van der Waals surface area contributed by atoms with Gasteiger partial charge in [-0.3, -0.25) is 4.79 Å². The number of nitrogens with zero attached hydrogens (tertiary/aromatic N) is 1. The van der Waals surface area contributed by atoms with Gasteiger partial charge in [-0.25, -0.2) is 4.98 Å². The summed E-state index contributed by atoms with van der Waals surface area (Å²) >= 11 is 0. The zero-order chi connectivity index (χ0) is 18.5. The second-order valence-corrected chi connectivity index (χ2v) is 6.84. The molecule has 1 aliphatic rings. The molecule has 1 amide bonds. The quantitative estimate of drug-likeness (QED) is 0.625. The number of para-hydroxylation sites is 1. The van der Waals surface area contributed by atoms with Gasteiger partial charge >= 0.3 is 0 Å². The van der Waals surface area contributed by atoms with Crippen molar-refractivity contribution in [3.63, 3.8) is 0 Å². The number of nitrogens with one attached hydrogen (secondary N) is 3. The van der Waals surface area contributed by atoms with E-state index in [1.165, 1.54) is 16.5 Å². The van der Waals surface area contributed by atoms with E-state index in [0.29, 0.717) is 19.0 Å². The number of rotatable bonds is 6. The third kappa shape index (κ3) is 4.28. The van der Waals surface area contributed by atoms with Gasteiger partial charge in [0, 0.05) is 42.8 Å². The molecule has 3 N–H and O–H groups in total. The van der Waals surface area contributed by atoms with Crippen molar-refractivity contribution in [3.05, 3.63) is 54.4 Å². The number of ether oxygens (including phenoxy) is 1. The molecule has 27 heavy (non-hydrogen) atoms. The Morgan fingerprint density at radius 3 is 2.85 bits per heavy atom. The van der Waals surface area contributed by atoms with Crippen molar-refractivity contribution in [1.29, 1.82) is 0 Å². The molecule has 4 rings (SSSR count). The molecule has 0 radical (unpaired) electrons. The van der Waals surface area contributed by atoms with Crippen LogP contribution in [0.5, 0.6) is 0 Å². The monoisotopic (exact) mass is 364 g/mol. The van der Waals surface area contributed by atoms with E-state index in [1.807, 2.05) is 18.2 Å². The Labute approximate surface area is 158 Å². The average Bonchev–Trinajstić information content (AvgIpc) is 3.13. The Kier molecular flexibility index (Phi) is 5.34. The highest BCUT2D eigenvalue weighted by atomic mass is 16.5.